The quantitative estimate of drug-likeness (QED) is 0.876. The molecule has 5 heteroatoms. The number of hydrogen-bond acceptors (Lipinski definition) is 3. The van der Waals surface area contributed by atoms with Gasteiger partial charge in [0.1, 0.15) is 12.4 Å². The van der Waals surface area contributed by atoms with Crippen molar-refractivity contribution >= 4 is 11.9 Å². The van der Waals surface area contributed by atoms with Crippen molar-refractivity contribution < 1.29 is 19.4 Å². The van der Waals surface area contributed by atoms with Crippen LogP contribution in [0.5, 0.6) is 5.75 Å². The third-order valence-corrected chi connectivity index (χ3v) is 3.30. The molecule has 1 heterocycles. The normalized spacial score (nSPS) is 17.8. The zero-order chi connectivity index (χ0) is 14.8. The van der Waals surface area contributed by atoms with Crippen LogP contribution in [0.3, 0.4) is 0 Å². The van der Waals surface area contributed by atoms with E-state index in [9.17, 15) is 9.59 Å². The van der Waals surface area contributed by atoms with E-state index in [2.05, 4.69) is 5.32 Å². The summed E-state index contributed by atoms with van der Waals surface area (Å²) in [5.74, 6) is -0.550. The van der Waals surface area contributed by atoms with Crippen LogP contribution in [0.1, 0.15) is 25.8 Å². The summed E-state index contributed by atoms with van der Waals surface area (Å²) < 4.78 is 5.58. The lowest BCUT2D eigenvalue weighted by Gasteiger charge is -2.29. The SMILES string of the molecule is CC(C)(CC(=O)O)NC(=O)C1COc2ccccc2C1. The van der Waals surface area contributed by atoms with Crippen molar-refractivity contribution in [2.45, 2.75) is 32.2 Å². The molecule has 0 saturated carbocycles. The van der Waals surface area contributed by atoms with Crippen molar-refractivity contribution in [3.8, 4) is 5.75 Å². The number of carboxylic acids is 1. The lowest BCUT2D eigenvalue weighted by Crippen LogP contribution is -2.49. The number of aliphatic carboxylic acids is 1. The number of carbonyl (C=O) groups excluding carboxylic acids is 1. The Labute approximate surface area is 117 Å². The molecule has 2 rings (SSSR count). The maximum absolute atomic E-state index is 12.2. The van der Waals surface area contributed by atoms with Crippen LogP contribution < -0.4 is 10.1 Å². The molecule has 1 aliphatic rings. The molecular formula is C15H19NO4. The number of fused-ring (bicyclic) bond motifs is 1. The summed E-state index contributed by atoms with van der Waals surface area (Å²) in [5, 5.41) is 11.6. The lowest BCUT2D eigenvalue weighted by atomic mass is 9.93. The fraction of sp³-hybridized carbons (Fsp3) is 0.467. The van der Waals surface area contributed by atoms with E-state index >= 15 is 0 Å². The molecule has 0 radical (unpaired) electrons. The van der Waals surface area contributed by atoms with Crippen LogP contribution in [-0.2, 0) is 16.0 Å². The fourth-order valence-electron chi connectivity index (χ4n) is 2.35. The Morgan fingerprint density at radius 1 is 1.40 bits per heavy atom. The Hall–Kier alpha value is -2.04. The minimum absolute atomic E-state index is 0.108. The smallest absolute Gasteiger partial charge is 0.305 e. The number of benzene rings is 1. The van der Waals surface area contributed by atoms with Gasteiger partial charge in [-0.3, -0.25) is 9.59 Å². The Balaban J connectivity index is 2.00. The standard InChI is InChI=1S/C15H19NO4/c1-15(2,8-13(17)18)16-14(19)11-7-10-5-3-4-6-12(10)20-9-11/h3-6,11H,7-9H2,1-2H3,(H,16,19)(H,17,18). The van der Waals surface area contributed by atoms with E-state index in [1.165, 1.54) is 0 Å². The molecule has 1 unspecified atom stereocenters. The summed E-state index contributed by atoms with van der Waals surface area (Å²) in [7, 11) is 0. The van der Waals surface area contributed by atoms with Crippen LogP contribution in [0.2, 0.25) is 0 Å². The molecule has 0 aromatic heterocycles. The number of carboxylic acid groups (broad SMARTS) is 1. The molecule has 1 aromatic carbocycles. The number of para-hydroxylation sites is 1. The van der Waals surface area contributed by atoms with Gasteiger partial charge in [0.05, 0.1) is 12.3 Å². The summed E-state index contributed by atoms with van der Waals surface area (Å²) in [6.07, 6.45) is 0.508. The molecule has 20 heavy (non-hydrogen) atoms. The van der Waals surface area contributed by atoms with E-state index in [1.54, 1.807) is 13.8 Å². The van der Waals surface area contributed by atoms with Gasteiger partial charge in [-0.1, -0.05) is 18.2 Å². The number of ether oxygens (including phenoxy) is 1. The van der Waals surface area contributed by atoms with Gasteiger partial charge in [0.15, 0.2) is 0 Å². The van der Waals surface area contributed by atoms with Crippen LogP contribution >= 0.6 is 0 Å². The van der Waals surface area contributed by atoms with Crippen molar-refractivity contribution in [1.29, 1.82) is 0 Å². The van der Waals surface area contributed by atoms with Gasteiger partial charge in [-0.15, -0.1) is 0 Å². The molecule has 2 N–H and O–H groups in total. The van der Waals surface area contributed by atoms with Gasteiger partial charge in [-0.2, -0.15) is 0 Å². The second-order valence-corrected chi connectivity index (χ2v) is 5.76. The van der Waals surface area contributed by atoms with E-state index in [4.69, 9.17) is 9.84 Å². The summed E-state index contributed by atoms with van der Waals surface area (Å²) in [5.41, 5.74) is 0.245. The highest BCUT2D eigenvalue weighted by Crippen LogP contribution is 2.27. The van der Waals surface area contributed by atoms with Crippen molar-refractivity contribution in [1.82, 2.24) is 5.32 Å². The molecule has 0 saturated heterocycles. The van der Waals surface area contributed by atoms with E-state index in [0.29, 0.717) is 13.0 Å². The van der Waals surface area contributed by atoms with Gasteiger partial charge in [0.25, 0.3) is 0 Å². The molecule has 0 fully saturated rings. The van der Waals surface area contributed by atoms with Crippen LogP contribution in [0.15, 0.2) is 24.3 Å². The van der Waals surface area contributed by atoms with Gasteiger partial charge < -0.3 is 15.2 Å². The van der Waals surface area contributed by atoms with E-state index in [1.807, 2.05) is 24.3 Å². The minimum Gasteiger partial charge on any atom is -0.492 e. The molecule has 0 spiro atoms. The third kappa shape index (κ3) is 3.50. The van der Waals surface area contributed by atoms with Crippen molar-refractivity contribution in [3.05, 3.63) is 29.8 Å². The van der Waals surface area contributed by atoms with Crippen LogP contribution in [0.4, 0.5) is 0 Å². The van der Waals surface area contributed by atoms with Gasteiger partial charge >= 0.3 is 5.97 Å². The number of nitrogens with one attached hydrogen (secondary N) is 1. The van der Waals surface area contributed by atoms with Gasteiger partial charge in [0, 0.05) is 5.54 Å². The zero-order valence-electron chi connectivity index (χ0n) is 11.7. The monoisotopic (exact) mass is 277 g/mol. The molecule has 1 amide bonds. The summed E-state index contributed by atoms with van der Waals surface area (Å²) in [6.45, 7) is 3.74. The maximum Gasteiger partial charge on any atom is 0.305 e. The number of carbonyl (C=O) groups is 2. The Bertz CT molecular complexity index is 524. The molecule has 1 aromatic rings. The van der Waals surface area contributed by atoms with E-state index in [-0.39, 0.29) is 18.2 Å². The average Bonchev–Trinajstić information content (AvgIpc) is 2.36. The third-order valence-electron chi connectivity index (χ3n) is 3.30. The van der Waals surface area contributed by atoms with Crippen molar-refractivity contribution in [3.63, 3.8) is 0 Å². The zero-order valence-corrected chi connectivity index (χ0v) is 11.7. The second-order valence-electron chi connectivity index (χ2n) is 5.76. The Kier molecular flexibility index (Phi) is 3.97. The molecular weight excluding hydrogens is 258 g/mol. The number of amides is 1. The van der Waals surface area contributed by atoms with Gasteiger partial charge in [-0.05, 0) is 31.9 Å². The summed E-state index contributed by atoms with van der Waals surface area (Å²) in [6, 6.07) is 7.64. The van der Waals surface area contributed by atoms with E-state index < -0.39 is 11.5 Å². The van der Waals surface area contributed by atoms with E-state index in [0.717, 1.165) is 11.3 Å². The minimum atomic E-state index is -0.930. The first-order valence-corrected chi connectivity index (χ1v) is 6.62. The first-order chi connectivity index (χ1) is 9.37. The van der Waals surface area contributed by atoms with Crippen molar-refractivity contribution in [2.24, 2.45) is 5.92 Å². The highest BCUT2D eigenvalue weighted by molar-refractivity contribution is 5.81. The average molecular weight is 277 g/mol. The predicted octanol–water partition coefficient (Wildman–Crippen LogP) is 1.61. The number of hydrogen-bond donors (Lipinski definition) is 2. The molecule has 1 atom stereocenters. The van der Waals surface area contributed by atoms with Gasteiger partial charge in [-0.25, -0.2) is 0 Å². The topological polar surface area (TPSA) is 75.6 Å². The second kappa shape index (κ2) is 5.53. The highest BCUT2D eigenvalue weighted by Gasteiger charge is 2.30. The lowest BCUT2D eigenvalue weighted by molar-refractivity contribution is -0.139. The molecule has 0 aliphatic carbocycles. The van der Waals surface area contributed by atoms with Crippen LogP contribution in [0, 0.1) is 5.92 Å². The molecule has 5 nitrogen and oxygen atoms in total. The number of rotatable bonds is 4. The first kappa shape index (κ1) is 14.4. The summed E-state index contributed by atoms with van der Waals surface area (Å²) in [4.78, 5) is 23.0. The van der Waals surface area contributed by atoms with Gasteiger partial charge in [0.2, 0.25) is 5.91 Å². The molecule has 1 aliphatic heterocycles. The highest BCUT2D eigenvalue weighted by atomic mass is 16.5. The Morgan fingerprint density at radius 3 is 2.80 bits per heavy atom. The molecule has 0 bridgehead atoms. The largest absolute Gasteiger partial charge is 0.492 e. The van der Waals surface area contributed by atoms with Crippen LogP contribution in [0.25, 0.3) is 0 Å². The van der Waals surface area contributed by atoms with Crippen molar-refractivity contribution in [2.75, 3.05) is 6.61 Å². The maximum atomic E-state index is 12.2. The first-order valence-electron chi connectivity index (χ1n) is 6.62. The fourth-order valence-corrected chi connectivity index (χ4v) is 2.35. The van der Waals surface area contributed by atoms with Crippen LogP contribution in [-0.4, -0.2) is 29.1 Å². The summed E-state index contributed by atoms with van der Waals surface area (Å²) >= 11 is 0. The molecule has 108 valence electrons. The predicted molar refractivity (Wildman–Crippen MR) is 73.6 cm³/mol. The Morgan fingerprint density at radius 2 is 2.10 bits per heavy atom.